The summed E-state index contributed by atoms with van der Waals surface area (Å²) < 4.78 is 43.0. The number of carbonyl (C=O) groups excluding carboxylic acids is 2. The quantitative estimate of drug-likeness (QED) is 0.106. The van der Waals surface area contributed by atoms with Crippen LogP contribution < -0.4 is 9.47 Å². The van der Waals surface area contributed by atoms with Crippen LogP contribution in [0.3, 0.4) is 0 Å². The summed E-state index contributed by atoms with van der Waals surface area (Å²) in [7, 11) is 0. The van der Waals surface area contributed by atoms with Crippen molar-refractivity contribution in [2.24, 2.45) is 0 Å². The Balaban J connectivity index is 1.50. The molecule has 0 N–H and O–H groups in total. The maximum Gasteiger partial charge on any atom is 0.333 e. The first-order valence-electron chi connectivity index (χ1n) is 13.8. The van der Waals surface area contributed by atoms with E-state index in [0.717, 1.165) is 22.6 Å². The van der Waals surface area contributed by atoms with Gasteiger partial charge in [-0.2, -0.15) is 0 Å². The molecule has 0 heterocycles. The minimum Gasteiger partial charge on any atom is -0.491 e. The monoisotopic (exact) mass is 586 g/mol. The largest absolute Gasteiger partial charge is 0.491 e. The molecule has 10 heteroatoms. The van der Waals surface area contributed by atoms with Crippen molar-refractivity contribution in [3.05, 3.63) is 72.8 Å². The van der Waals surface area contributed by atoms with E-state index in [2.05, 4.69) is 13.2 Å². The van der Waals surface area contributed by atoms with Crippen LogP contribution in [0.25, 0.3) is 11.1 Å². The molecule has 0 aliphatic carbocycles. The number of carbonyl (C=O) groups is 2. The van der Waals surface area contributed by atoms with Gasteiger partial charge in [0.1, 0.15) is 37.9 Å². The summed E-state index contributed by atoms with van der Waals surface area (Å²) in [6.45, 7) is 14.6. The zero-order valence-corrected chi connectivity index (χ0v) is 24.6. The lowest BCUT2D eigenvalue weighted by Crippen LogP contribution is -2.14. The van der Waals surface area contributed by atoms with Crippen molar-refractivity contribution in [2.45, 2.75) is 13.8 Å². The van der Waals surface area contributed by atoms with E-state index < -0.39 is 11.9 Å². The molecule has 0 aliphatic rings. The molecule has 230 valence electrons. The summed E-state index contributed by atoms with van der Waals surface area (Å²) in [6, 6.07) is 15.7. The lowest BCUT2D eigenvalue weighted by atomic mass is 10.1. The number of hydrogen-bond donors (Lipinski definition) is 0. The van der Waals surface area contributed by atoms with Gasteiger partial charge >= 0.3 is 11.9 Å². The van der Waals surface area contributed by atoms with Crippen LogP contribution in [0.15, 0.2) is 72.8 Å². The molecule has 0 spiro atoms. The highest BCUT2D eigenvalue weighted by Gasteiger charge is 2.04. The van der Waals surface area contributed by atoms with Crippen LogP contribution in [0.4, 0.5) is 0 Å². The van der Waals surface area contributed by atoms with E-state index in [-0.39, 0.29) is 13.2 Å². The Bertz CT molecular complexity index is 992. The van der Waals surface area contributed by atoms with Gasteiger partial charge in [-0.15, -0.1) is 0 Å². The zero-order valence-electron chi connectivity index (χ0n) is 24.6. The second-order valence-corrected chi connectivity index (χ2v) is 9.03. The van der Waals surface area contributed by atoms with Crippen molar-refractivity contribution in [1.29, 1.82) is 0 Å². The van der Waals surface area contributed by atoms with Crippen LogP contribution in [0.5, 0.6) is 11.5 Å². The van der Waals surface area contributed by atoms with Crippen molar-refractivity contribution in [1.82, 2.24) is 0 Å². The van der Waals surface area contributed by atoms with Crippen LogP contribution in [-0.2, 0) is 38.0 Å². The molecular formula is C32H42O10. The molecule has 0 unspecified atom stereocenters. The van der Waals surface area contributed by atoms with Gasteiger partial charge in [0, 0.05) is 11.1 Å². The number of ether oxygens (including phenoxy) is 8. The van der Waals surface area contributed by atoms with E-state index in [0.29, 0.717) is 77.2 Å². The maximum atomic E-state index is 11.2. The Hall–Kier alpha value is -3.70. The molecule has 0 bridgehead atoms. The van der Waals surface area contributed by atoms with E-state index in [9.17, 15) is 9.59 Å². The van der Waals surface area contributed by atoms with E-state index in [4.69, 9.17) is 37.9 Å². The molecule has 0 aliphatic heterocycles. The van der Waals surface area contributed by atoms with E-state index >= 15 is 0 Å². The van der Waals surface area contributed by atoms with Crippen molar-refractivity contribution in [3.8, 4) is 22.6 Å². The summed E-state index contributed by atoms with van der Waals surface area (Å²) in [4.78, 5) is 22.5. The summed E-state index contributed by atoms with van der Waals surface area (Å²) in [5, 5.41) is 0. The average Bonchev–Trinajstić information content (AvgIpc) is 2.99. The van der Waals surface area contributed by atoms with Crippen molar-refractivity contribution in [2.75, 3.05) is 79.3 Å². The third-order valence-electron chi connectivity index (χ3n) is 5.40. The van der Waals surface area contributed by atoms with Gasteiger partial charge in [-0.3, -0.25) is 0 Å². The fourth-order valence-corrected chi connectivity index (χ4v) is 3.20. The molecule has 2 rings (SSSR count). The maximum absolute atomic E-state index is 11.2. The fourth-order valence-electron chi connectivity index (χ4n) is 3.20. The highest BCUT2D eigenvalue weighted by Crippen LogP contribution is 2.24. The normalized spacial score (nSPS) is 10.6. The van der Waals surface area contributed by atoms with Crippen LogP contribution in [0.1, 0.15) is 13.8 Å². The first-order chi connectivity index (χ1) is 20.4. The predicted molar refractivity (Wildman–Crippen MR) is 158 cm³/mol. The third kappa shape index (κ3) is 15.3. The molecule has 0 radical (unpaired) electrons. The zero-order chi connectivity index (χ0) is 30.4. The Morgan fingerprint density at radius 1 is 0.476 bits per heavy atom. The third-order valence-corrected chi connectivity index (χ3v) is 5.40. The highest BCUT2D eigenvalue weighted by atomic mass is 16.6. The smallest absolute Gasteiger partial charge is 0.333 e. The van der Waals surface area contributed by atoms with Crippen LogP contribution in [-0.4, -0.2) is 91.2 Å². The second kappa shape index (κ2) is 21.1. The van der Waals surface area contributed by atoms with Crippen molar-refractivity contribution >= 4 is 11.9 Å². The number of esters is 2. The average molecular weight is 587 g/mol. The minimum absolute atomic E-state index is 0.191. The van der Waals surface area contributed by atoms with Crippen LogP contribution >= 0.6 is 0 Å². The summed E-state index contributed by atoms with van der Waals surface area (Å²) in [5.74, 6) is 0.684. The van der Waals surface area contributed by atoms with Gasteiger partial charge in [-0.25, -0.2) is 9.59 Å². The van der Waals surface area contributed by atoms with Gasteiger partial charge in [0.15, 0.2) is 0 Å². The van der Waals surface area contributed by atoms with Gasteiger partial charge in [0.05, 0.1) is 52.9 Å². The van der Waals surface area contributed by atoms with Gasteiger partial charge in [0.25, 0.3) is 0 Å². The van der Waals surface area contributed by atoms with Crippen molar-refractivity contribution < 1.29 is 47.5 Å². The topological polar surface area (TPSA) is 108 Å². The Morgan fingerprint density at radius 3 is 1.07 bits per heavy atom. The molecule has 0 atom stereocenters. The number of hydrogen-bond acceptors (Lipinski definition) is 10. The van der Waals surface area contributed by atoms with Gasteiger partial charge in [-0.1, -0.05) is 37.4 Å². The van der Waals surface area contributed by atoms with Gasteiger partial charge in [-0.05, 0) is 49.2 Å². The molecule has 2 aromatic carbocycles. The van der Waals surface area contributed by atoms with E-state index in [1.807, 2.05) is 48.5 Å². The van der Waals surface area contributed by atoms with Crippen LogP contribution in [0.2, 0.25) is 0 Å². The molecule has 0 saturated carbocycles. The Morgan fingerprint density at radius 2 is 0.762 bits per heavy atom. The van der Waals surface area contributed by atoms with Gasteiger partial charge < -0.3 is 37.9 Å². The summed E-state index contributed by atoms with van der Waals surface area (Å²) in [5.41, 5.74) is 2.86. The molecule has 0 amide bonds. The molecule has 0 aromatic heterocycles. The highest BCUT2D eigenvalue weighted by molar-refractivity contribution is 5.87. The second-order valence-electron chi connectivity index (χ2n) is 9.03. The minimum atomic E-state index is -0.417. The first kappa shape index (κ1) is 34.5. The summed E-state index contributed by atoms with van der Waals surface area (Å²) in [6.07, 6.45) is 0. The summed E-state index contributed by atoms with van der Waals surface area (Å²) >= 11 is 0. The number of benzene rings is 2. The molecule has 10 nitrogen and oxygen atoms in total. The fraction of sp³-hybridized carbons (Fsp3) is 0.438. The van der Waals surface area contributed by atoms with E-state index in [1.54, 1.807) is 13.8 Å². The first-order valence-corrected chi connectivity index (χ1v) is 13.8. The number of rotatable bonds is 23. The van der Waals surface area contributed by atoms with Crippen LogP contribution in [0, 0.1) is 0 Å². The SMILES string of the molecule is C=C(C)C(=O)OCCOCCOCCOc1ccc(-c2ccc(OCCOCCOCCOC(=O)C(=C)C)cc2)cc1. The Labute approximate surface area is 248 Å². The molecular weight excluding hydrogens is 544 g/mol. The molecule has 42 heavy (non-hydrogen) atoms. The Kier molecular flexibility index (Phi) is 17.3. The van der Waals surface area contributed by atoms with E-state index in [1.165, 1.54) is 0 Å². The molecule has 0 saturated heterocycles. The molecule has 0 fully saturated rings. The van der Waals surface area contributed by atoms with Crippen molar-refractivity contribution in [3.63, 3.8) is 0 Å². The lowest BCUT2D eigenvalue weighted by molar-refractivity contribution is -0.141. The molecule has 2 aromatic rings. The standard InChI is InChI=1S/C32H42O10/c1-25(2)31(33)41-23-19-37-15-13-35-17-21-39-29-9-5-27(6-10-29)28-7-11-30(12-8-28)40-22-18-36-14-16-38-20-24-42-32(34)26(3)4/h5-12H,1,3,13-24H2,2,4H3. The predicted octanol–water partition coefficient (Wildman–Crippen LogP) is 4.42. The lowest BCUT2D eigenvalue weighted by Gasteiger charge is -2.10. The van der Waals surface area contributed by atoms with Gasteiger partial charge in [0.2, 0.25) is 0 Å².